The van der Waals surface area contributed by atoms with Gasteiger partial charge in [0.15, 0.2) is 0 Å². The van der Waals surface area contributed by atoms with Gasteiger partial charge >= 0.3 is 5.97 Å². The molecular formula is C9H18O2S. The zero-order chi connectivity index (χ0) is 9.78. The maximum absolute atomic E-state index is 11.2. The van der Waals surface area contributed by atoms with Crippen LogP contribution in [0.1, 0.15) is 27.7 Å². The fraction of sp³-hybridized carbons (Fsp3) is 0.889. The molecule has 0 atom stereocenters. The summed E-state index contributed by atoms with van der Waals surface area (Å²) >= 11 is 1.64. The smallest absolute Gasteiger partial charge is 0.321 e. The largest absolute Gasteiger partial charge is 0.468 e. The lowest BCUT2D eigenvalue weighted by Gasteiger charge is -2.21. The summed E-state index contributed by atoms with van der Waals surface area (Å²) in [5, 5.41) is 0. The molecule has 0 fully saturated rings. The first kappa shape index (κ1) is 11.8. The van der Waals surface area contributed by atoms with E-state index in [0.29, 0.717) is 5.92 Å². The molecule has 12 heavy (non-hydrogen) atoms. The van der Waals surface area contributed by atoms with Gasteiger partial charge in [0.1, 0.15) is 4.75 Å². The third-order valence-corrected chi connectivity index (χ3v) is 3.18. The molecule has 0 aromatic carbocycles. The third kappa shape index (κ3) is 4.00. The van der Waals surface area contributed by atoms with Gasteiger partial charge in [-0.3, -0.25) is 4.79 Å². The van der Waals surface area contributed by atoms with Gasteiger partial charge in [-0.15, -0.1) is 11.8 Å². The number of hydrogen-bond donors (Lipinski definition) is 0. The lowest BCUT2D eigenvalue weighted by molar-refractivity contribution is -0.142. The third-order valence-electron chi connectivity index (χ3n) is 1.45. The SMILES string of the molecule is COC(=O)C(C)(C)SCC(C)C. The quantitative estimate of drug-likeness (QED) is 0.636. The maximum atomic E-state index is 11.2. The Hall–Kier alpha value is -0.180. The van der Waals surface area contributed by atoms with Crippen molar-refractivity contribution in [3.8, 4) is 0 Å². The van der Waals surface area contributed by atoms with Gasteiger partial charge in [0.25, 0.3) is 0 Å². The van der Waals surface area contributed by atoms with Crippen molar-refractivity contribution in [2.24, 2.45) is 5.92 Å². The van der Waals surface area contributed by atoms with Crippen molar-refractivity contribution in [2.75, 3.05) is 12.9 Å². The number of carbonyl (C=O) groups is 1. The molecule has 0 aromatic heterocycles. The van der Waals surface area contributed by atoms with Crippen LogP contribution in [0.5, 0.6) is 0 Å². The molecule has 0 aromatic rings. The van der Waals surface area contributed by atoms with Gasteiger partial charge < -0.3 is 4.74 Å². The summed E-state index contributed by atoms with van der Waals surface area (Å²) < 4.78 is 4.28. The van der Waals surface area contributed by atoms with E-state index >= 15 is 0 Å². The van der Waals surface area contributed by atoms with Gasteiger partial charge in [0.2, 0.25) is 0 Å². The fourth-order valence-electron chi connectivity index (χ4n) is 0.680. The van der Waals surface area contributed by atoms with E-state index in [9.17, 15) is 4.79 Å². The zero-order valence-corrected chi connectivity index (χ0v) is 9.33. The first-order chi connectivity index (χ1) is 5.40. The van der Waals surface area contributed by atoms with E-state index in [1.54, 1.807) is 11.8 Å². The molecule has 0 heterocycles. The minimum atomic E-state index is -0.404. The Labute approximate surface area is 79.1 Å². The molecule has 0 saturated heterocycles. The van der Waals surface area contributed by atoms with E-state index in [-0.39, 0.29) is 5.97 Å². The topological polar surface area (TPSA) is 26.3 Å². The predicted molar refractivity (Wildman–Crippen MR) is 53.4 cm³/mol. The van der Waals surface area contributed by atoms with E-state index in [4.69, 9.17) is 0 Å². The molecule has 0 aliphatic rings. The van der Waals surface area contributed by atoms with Crippen LogP contribution in [0.3, 0.4) is 0 Å². The van der Waals surface area contributed by atoms with Gasteiger partial charge in [-0.05, 0) is 25.5 Å². The molecule has 3 heteroatoms. The highest BCUT2D eigenvalue weighted by molar-refractivity contribution is 8.01. The molecule has 0 amide bonds. The van der Waals surface area contributed by atoms with Crippen molar-refractivity contribution in [1.82, 2.24) is 0 Å². The Morgan fingerprint density at radius 1 is 1.50 bits per heavy atom. The summed E-state index contributed by atoms with van der Waals surface area (Å²) in [6, 6.07) is 0. The van der Waals surface area contributed by atoms with Crippen LogP contribution in [0, 0.1) is 5.92 Å². The predicted octanol–water partition coefficient (Wildman–Crippen LogP) is 2.33. The number of carbonyl (C=O) groups excluding carboxylic acids is 1. The van der Waals surface area contributed by atoms with Crippen molar-refractivity contribution < 1.29 is 9.53 Å². The highest BCUT2D eigenvalue weighted by atomic mass is 32.2. The summed E-state index contributed by atoms with van der Waals surface area (Å²) in [6.45, 7) is 8.07. The highest BCUT2D eigenvalue weighted by Crippen LogP contribution is 2.27. The molecule has 0 unspecified atom stereocenters. The van der Waals surface area contributed by atoms with Crippen molar-refractivity contribution >= 4 is 17.7 Å². The van der Waals surface area contributed by atoms with Crippen molar-refractivity contribution in [3.63, 3.8) is 0 Å². The summed E-state index contributed by atoms with van der Waals surface area (Å²) in [6.07, 6.45) is 0. The van der Waals surface area contributed by atoms with E-state index < -0.39 is 4.75 Å². The van der Waals surface area contributed by atoms with Crippen LogP contribution in [0.4, 0.5) is 0 Å². The Bertz CT molecular complexity index is 153. The molecular weight excluding hydrogens is 172 g/mol. The first-order valence-electron chi connectivity index (χ1n) is 4.12. The Kier molecular flexibility index (Phi) is 4.68. The van der Waals surface area contributed by atoms with Crippen LogP contribution in [0.25, 0.3) is 0 Å². The standard InChI is InChI=1S/C9H18O2S/c1-7(2)6-12-9(3,4)8(10)11-5/h7H,6H2,1-5H3. The molecule has 2 nitrogen and oxygen atoms in total. The maximum Gasteiger partial charge on any atom is 0.321 e. The molecule has 0 aliphatic carbocycles. The number of thioether (sulfide) groups is 1. The number of hydrogen-bond acceptors (Lipinski definition) is 3. The summed E-state index contributed by atoms with van der Waals surface area (Å²) in [4.78, 5) is 11.2. The molecule has 72 valence electrons. The molecule has 0 radical (unpaired) electrons. The fourth-order valence-corrected chi connectivity index (χ4v) is 1.63. The van der Waals surface area contributed by atoms with Crippen molar-refractivity contribution in [1.29, 1.82) is 0 Å². The molecule has 0 bridgehead atoms. The van der Waals surface area contributed by atoms with Gasteiger partial charge in [-0.1, -0.05) is 13.8 Å². The monoisotopic (exact) mass is 190 g/mol. The van der Waals surface area contributed by atoms with Gasteiger partial charge in [-0.2, -0.15) is 0 Å². The Balaban J connectivity index is 3.95. The summed E-state index contributed by atoms with van der Waals surface area (Å²) in [5.41, 5.74) is 0. The Morgan fingerprint density at radius 2 is 2.00 bits per heavy atom. The van der Waals surface area contributed by atoms with E-state index in [2.05, 4.69) is 18.6 Å². The highest BCUT2D eigenvalue weighted by Gasteiger charge is 2.29. The number of esters is 1. The van der Waals surface area contributed by atoms with Crippen LogP contribution in [-0.4, -0.2) is 23.6 Å². The average Bonchev–Trinajstić information content (AvgIpc) is 1.99. The van der Waals surface area contributed by atoms with Crippen LogP contribution in [-0.2, 0) is 9.53 Å². The lowest BCUT2D eigenvalue weighted by atomic mass is 10.2. The lowest BCUT2D eigenvalue weighted by Crippen LogP contribution is -2.29. The van der Waals surface area contributed by atoms with Gasteiger partial charge in [-0.25, -0.2) is 0 Å². The number of methoxy groups -OCH3 is 1. The van der Waals surface area contributed by atoms with Crippen molar-refractivity contribution in [2.45, 2.75) is 32.4 Å². The molecule has 0 spiro atoms. The van der Waals surface area contributed by atoms with Gasteiger partial charge in [0, 0.05) is 0 Å². The minimum Gasteiger partial charge on any atom is -0.468 e. The minimum absolute atomic E-state index is 0.145. The normalized spacial score (nSPS) is 11.8. The van der Waals surface area contributed by atoms with Crippen molar-refractivity contribution in [3.05, 3.63) is 0 Å². The number of ether oxygens (including phenoxy) is 1. The molecule has 0 N–H and O–H groups in total. The van der Waals surface area contributed by atoms with E-state index in [1.807, 2.05) is 13.8 Å². The van der Waals surface area contributed by atoms with Crippen LogP contribution < -0.4 is 0 Å². The summed E-state index contributed by atoms with van der Waals surface area (Å²) in [7, 11) is 1.43. The van der Waals surface area contributed by atoms with E-state index in [0.717, 1.165) is 5.75 Å². The molecule has 0 rings (SSSR count). The molecule has 0 aliphatic heterocycles. The number of rotatable bonds is 4. The van der Waals surface area contributed by atoms with E-state index in [1.165, 1.54) is 7.11 Å². The zero-order valence-electron chi connectivity index (χ0n) is 8.51. The average molecular weight is 190 g/mol. The Morgan fingerprint density at radius 3 is 2.33 bits per heavy atom. The van der Waals surface area contributed by atoms with Crippen LogP contribution >= 0.6 is 11.8 Å². The summed E-state index contributed by atoms with van der Waals surface area (Å²) in [5.74, 6) is 1.45. The second-order valence-electron chi connectivity index (χ2n) is 3.71. The van der Waals surface area contributed by atoms with Gasteiger partial charge in [0.05, 0.1) is 7.11 Å². The second kappa shape index (κ2) is 4.75. The first-order valence-corrected chi connectivity index (χ1v) is 5.11. The molecule has 0 saturated carbocycles. The second-order valence-corrected chi connectivity index (χ2v) is 5.35. The van der Waals surface area contributed by atoms with Crippen LogP contribution in [0.2, 0.25) is 0 Å². The van der Waals surface area contributed by atoms with Crippen LogP contribution in [0.15, 0.2) is 0 Å².